The van der Waals surface area contributed by atoms with Gasteiger partial charge in [0.05, 0.1) is 15.9 Å². The predicted molar refractivity (Wildman–Crippen MR) is 148 cm³/mol. The molecule has 1 aliphatic heterocycles. The van der Waals surface area contributed by atoms with E-state index in [9.17, 15) is 14.0 Å². The van der Waals surface area contributed by atoms with E-state index in [0.29, 0.717) is 28.6 Å². The first-order valence-corrected chi connectivity index (χ1v) is 13.2. The molecule has 198 valence electrons. The number of nitrogens with zero attached hydrogens (tertiary/aromatic N) is 4. The zero-order chi connectivity index (χ0) is 26.9. The van der Waals surface area contributed by atoms with Crippen molar-refractivity contribution < 1.29 is 9.18 Å². The largest absolute Gasteiger partial charge is 0.370 e. The Morgan fingerprint density at radius 1 is 1.16 bits per heavy atom. The van der Waals surface area contributed by atoms with Crippen LogP contribution in [-0.2, 0) is 11.3 Å². The summed E-state index contributed by atoms with van der Waals surface area (Å²) in [5.74, 6) is -0.606. The quantitative estimate of drug-likeness (QED) is 0.503. The van der Waals surface area contributed by atoms with Gasteiger partial charge in [0.1, 0.15) is 18.2 Å². The highest BCUT2D eigenvalue weighted by molar-refractivity contribution is 6.31. The van der Waals surface area contributed by atoms with Crippen molar-refractivity contribution in [2.24, 2.45) is 0 Å². The molecule has 1 aromatic heterocycles. The van der Waals surface area contributed by atoms with Gasteiger partial charge in [-0.15, -0.1) is 0 Å². The summed E-state index contributed by atoms with van der Waals surface area (Å²) in [6, 6.07) is 10.6. The van der Waals surface area contributed by atoms with E-state index in [1.54, 1.807) is 0 Å². The number of nitrogens with one attached hydrogen (secondary N) is 1. The molecule has 1 fully saturated rings. The van der Waals surface area contributed by atoms with Crippen LogP contribution in [-0.4, -0.2) is 58.1 Å². The third-order valence-electron chi connectivity index (χ3n) is 6.79. The fraction of sp³-hybridized carbons (Fsp3) is 0.464. The Balaban J connectivity index is 1.80. The van der Waals surface area contributed by atoms with Gasteiger partial charge in [-0.1, -0.05) is 11.6 Å². The zero-order valence-electron chi connectivity index (χ0n) is 22.1. The molecule has 0 bridgehead atoms. The number of aromatic nitrogens is 2. The van der Waals surface area contributed by atoms with Crippen LogP contribution in [0.15, 0.2) is 41.2 Å². The Kier molecular flexibility index (Phi) is 8.19. The third kappa shape index (κ3) is 5.96. The average Bonchev–Trinajstić information content (AvgIpc) is 3.03. The van der Waals surface area contributed by atoms with Gasteiger partial charge in [-0.05, 0) is 77.4 Å². The van der Waals surface area contributed by atoms with Crippen LogP contribution in [0.5, 0.6) is 0 Å². The van der Waals surface area contributed by atoms with E-state index in [2.05, 4.69) is 35.9 Å². The number of halogens is 2. The number of benzene rings is 2. The van der Waals surface area contributed by atoms with Crippen LogP contribution in [0.3, 0.4) is 0 Å². The molecule has 1 saturated heterocycles. The molecule has 0 saturated carbocycles. The van der Waals surface area contributed by atoms with Crippen molar-refractivity contribution in [1.29, 1.82) is 0 Å². The topological polar surface area (TPSA) is 70.5 Å². The van der Waals surface area contributed by atoms with Gasteiger partial charge in [0.15, 0.2) is 0 Å². The van der Waals surface area contributed by atoms with E-state index in [1.807, 2.05) is 32.0 Å². The molecule has 1 atom stereocenters. The van der Waals surface area contributed by atoms with Crippen LogP contribution in [0, 0.1) is 5.82 Å². The second-order valence-corrected chi connectivity index (χ2v) is 10.8. The number of rotatable bonds is 6. The first-order chi connectivity index (χ1) is 17.5. The second-order valence-electron chi connectivity index (χ2n) is 10.4. The van der Waals surface area contributed by atoms with Crippen LogP contribution >= 0.6 is 11.6 Å². The van der Waals surface area contributed by atoms with Crippen molar-refractivity contribution in [3.05, 3.63) is 57.6 Å². The SMILES string of the molecule is CC(C)NC(=O)Cn1c(-c2ccc(F)c(Cl)c2)nc2ccc(N3CCCN(C(C)C)C(C)C3)cc2c1=O. The van der Waals surface area contributed by atoms with Crippen molar-refractivity contribution in [2.75, 3.05) is 24.5 Å². The molecule has 1 unspecified atom stereocenters. The average molecular weight is 528 g/mol. The highest BCUT2D eigenvalue weighted by atomic mass is 35.5. The molecular formula is C28H35ClFN5O2. The van der Waals surface area contributed by atoms with Gasteiger partial charge >= 0.3 is 0 Å². The minimum atomic E-state index is -0.565. The van der Waals surface area contributed by atoms with Gasteiger partial charge in [-0.25, -0.2) is 9.37 Å². The lowest BCUT2D eigenvalue weighted by molar-refractivity contribution is -0.122. The van der Waals surface area contributed by atoms with Crippen LogP contribution < -0.4 is 15.8 Å². The molecule has 2 aromatic carbocycles. The number of fused-ring (bicyclic) bond motifs is 1. The molecule has 1 N–H and O–H groups in total. The molecule has 2 heterocycles. The molecule has 9 heteroatoms. The summed E-state index contributed by atoms with van der Waals surface area (Å²) in [4.78, 5) is 36.1. The summed E-state index contributed by atoms with van der Waals surface area (Å²) >= 11 is 6.03. The number of hydrogen-bond donors (Lipinski definition) is 1. The Morgan fingerprint density at radius 3 is 2.59 bits per heavy atom. The molecule has 37 heavy (non-hydrogen) atoms. The van der Waals surface area contributed by atoms with Crippen molar-refractivity contribution in [3.8, 4) is 11.4 Å². The number of carbonyl (C=O) groups is 1. The number of hydrogen-bond acceptors (Lipinski definition) is 5. The summed E-state index contributed by atoms with van der Waals surface area (Å²) < 4.78 is 15.2. The normalized spacial score (nSPS) is 17.0. The number of carbonyl (C=O) groups excluding carboxylic acids is 1. The van der Waals surface area contributed by atoms with Crippen molar-refractivity contribution in [1.82, 2.24) is 19.8 Å². The highest BCUT2D eigenvalue weighted by Crippen LogP contribution is 2.27. The van der Waals surface area contributed by atoms with E-state index in [-0.39, 0.29) is 34.9 Å². The summed E-state index contributed by atoms with van der Waals surface area (Å²) in [5.41, 5.74) is 1.60. The Hall–Kier alpha value is -2.97. The minimum Gasteiger partial charge on any atom is -0.370 e. The molecule has 1 aliphatic rings. The van der Waals surface area contributed by atoms with E-state index >= 15 is 0 Å². The fourth-order valence-electron chi connectivity index (χ4n) is 5.10. The number of anilines is 1. The van der Waals surface area contributed by atoms with Gasteiger partial charge in [-0.3, -0.25) is 19.1 Å². The minimum absolute atomic E-state index is 0.0777. The molecular weight excluding hydrogens is 493 g/mol. The van der Waals surface area contributed by atoms with E-state index in [4.69, 9.17) is 16.6 Å². The summed E-state index contributed by atoms with van der Waals surface area (Å²) in [6.45, 7) is 13.0. The van der Waals surface area contributed by atoms with Crippen LogP contribution in [0.1, 0.15) is 41.0 Å². The molecule has 0 aliphatic carbocycles. The van der Waals surface area contributed by atoms with Crippen LogP contribution in [0.4, 0.5) is 10.1 Å². The van der Waals surface area contributed by atoms with Gasteiger partial charge < -0.3 is 10.2 Å². The number of amides is 1. The van der Waals surface area contributed by atoms with Gasteiger partial charge in [-0.2, -0.15) is 0 Å². The standard InChI is InChI=1S/C28H35ClFN5O2/c1-17(2)31-26(36)16-35-27(20-7-9-24(30)23(29)13-20)32-25-10-8-21(14-22(25)28(35)37)33-11-6-12-34(18(3)4)19(5)15-33/h7-10,13-14,17-19H,6,11-12,15-16H2,1-5H3,(H,31,36). The fourth-order valence-corrected chi connectivity index (χ4v) is 5.28. The Labute approximate surface area is 222 Å². The monoisotopic (exact) mass is 527 g/mol. The van der Waals surface area contributed by atoms with E-state index < -0.39 is 5.82 Å². The molecule has 4 rings (SSSR count). The summed E-state index contributed by atoms with van der Waals surface area (Å²) in [6.07, 6.45) is 1.03. The third-order valence-corrected chi connectivity index (χ3v) is 7.08. The highest BCUT2D eigenvalue weighted by Gasteiger charge is 2.24. The molecule has 0 spiro atoms. The van der Waals surface area contributed by atoms with Gasteiger partial charge in [0.2, 0.25) is 5.91 Å². The maximum Gasteiger partial charge on any atom is 0.262 e. The molecule has 0 radical (unpaired) electrons. The van der Waals surface area contributed by atoms with E-state index in [1.165, 1.54) is 22.8 Å². The zero-order valence-corrected chi connectivity index (χ0v) is 22.8. The Bertz CT molecular complexity index is 1360. The second kappa shape index (κ2) is 11.2. The van der Waals surface area contributed by atoms with Crippen molar-refractivity contribution in [3.63, 3.8) is 0 Å². The smallest absolute Gasteiger partial charge is 0.262 e. The van der Waals surface area contributed by atoms with E-state index in [0.717, 1.165) is 31.7 Å². The van der Waals surface area contributed by atoms with Gasteiger partial charge in [0, 0.05) is 49.0 Å². The first kappa shape index (κ1) is 27.1. The maximum absolute atomic E-state index is 13.9. The maximum atomic E-state index is 13.9. The molecule has 3 aromatic rings. The Morgan fingerprint density at radius 2 is 1.92 bits per heavy atom. The van der Waals surface area contributed by atoms with Gasteiger partial charge in [0.25, 0.3) is 5.56 Å². The summed E-state index contributed by atoms with van der Waals surface area (Å²) in [5, 5.41) is 3.19. The lowest BCUT2D eigenvalue weighted by Gasteiger charge is -2.32. The van der Waals surface area contributed by atoms with Crippen LogP contribution in [0.25, 0.3) is 22.3 Å². The lowest BCUT2D eigenvalue weighted by Crippen LogP contribution is -2.42. The first-order valence-electron chi connectivity index (χ1n) is 12.8. The molecule has 7 nitrogen and oxygen atoms in total. The lowest BCUT2D eigenvalue weighted by atomic mass is 10.1. The van der Waals surface area contributed by atoms with Crippen LogP contribution in [0.2, 0.25) is 5.02 Å². The predicted octanol–water partition coefficient (Wildman–Crippen LogP) is 4.69. The molecule has 1 amide bonds. The summed E-state index contributed by atoms with van der Waals surface area (Å²) in [7, 11) is 0. The van der Waals surface area contributed by atoms with Crippen molar-refractivity contribution >= 4 is 34.1 Å². The van der Waals surface area contributed by atoms with Crippen molar-refractivity contribution in [2.45, 2.75) is 65.7 Å².